The minimum Gasteiger partial charge on any atom is -0.318 e. The molecule has 9 heteroatoms. The van der Waals surface area contributed by atoms with Crippen LogP contribution >= 0.6 is 0 Å². The fourth-order valence-corrected chi connectivity index (χ4v) is 6.95. The van der Waals surface area contributed by atoms with E-state index in [0.29, 0.717) is 30.0 Å². The van der Waals surface area contributed by atoms with Gasteiger partial charge < -0.3 is 5.32 Å². The van der Waals surface area contributed by atoms with Crippen LogP contribution in [0.5, 0.6) is 0 Å². The number of carbonyl (C=O) groups excluding carboxylic acids is 1. The highest BCUT2D eigenvalue weighted by molar-refractivity contribution is 6.05. The second-order valence-electron chi connectivity index (χ2n) is 10.6. The van der Waals surface area contributed by atoms with Gasteiger partial charge in [0.15, 0.2) is 0 Å². The van der Waals surface area contributed by atoms with E-state index in [1.54, 1.807) is 21.8 Å². The molecule has 7 rings (SSSR count). The van der Waals surface area contributed by atoms with E-state index in [9.17, 15) is 14.9 Å². The molecule has 0 atom stereocenters. The van der Waals surface area contributed by atoms with E-state index >= 15 is 0 Å². The van der Waals surface area contributed by atoms with Gasteiger partial charge in [-0.2, -0.15) is 10.2 Å². The summed E-state index contributed by atoms with van der Waals surface area (Å²) in [6.07, 6.45) is 11.6. The topological polar surface area (TPSA) is 108 Å². The Morgan fingerprint density at radius 1 is 1.18 bits per heavy atom. The van der Waals surface area contributed by atoms with Crippen LogP contribution in [0.15, 0.2) is 42.9 Å². The van der Waals surface area contributed by atoms with Gasteiger partial charge in [0.05, 0.1) is 28.9 Å². The predicted octanol–water partition coefficient (Wildman–Crippen LogP) is 4.52. The fourth-order valence-electron chi connectivity index (χ4n) is 6.95. The first-order valence-corrected chi connectivity index (χ1v) is 12.0. The number of aryl methyl sites for hydroxylation is 1. The van der Waals surface area contributed by atoms with Crippen LogP contribution in [0.3, 0.4) is 0 Å². The van der Waals surface area contributed by atoms with Crippen molar-refractivity contribution in [3.8, 4) is 0 Å². The van der Waals surface area contributed by atoms with Crippen LogP contribution < -0.4 is 5.32 Å². The Kier molecular flexibility index (Phi) is 4.82. The lowest BCUT2D eigenvalue weighted by molar-refractivity contribution is -0.385. The van der Waals surface area contributed by atoms with E-state index in [1.165, 1.54) is 31.0 Å². The van der Waals surface area contributed by atoms with Gasteiger partial charge in [-0.1, -0.05) is 29.8 Å². The Labute approximate surface area is 197 Å². The van der Waals surface area contributed by atoms with Gasteiger partial charge in [-0.05, 0) is 68.8 Å². The summed E-state index contributed by atoms with van der Waals surface area (Å²) in [6.45, 7) is 2.60. The summed E-state index contributed by atoms with van der Waals surface area (Å²) in [6, 6.07) is 8.14. The Hall–Kier alpha value is -3.49. The number of anilines is 1. The third-order valence-electron chi connectivity index (χ3n) is 7.92. The maximum atomic E-state index is 13.1. The van der Waals surface area contributed by atoms with Gasteiger partial charge in [0.1, 0.15) is 6.20 Å². The van der Waals surface area contributed by atoms with E-state index in [2.05, 4.69) is 21.6 Å². The van der Waals surface area contributed by atoms with Crippen LogP contribution in [0.2, 0.25) is 0 Å². The molecule has 0 spiro atoms. The molecule has 4 fully saturated rings. The molecular weight excluding hydrogens is 432 g/mol. The predicted molar refractivity (Wildman–Crippen MR) is 125 cm³/mol. The second-order valence-corrected chi connectivity index (χ2v) is 10.6. The number of benzene rings is 1. The maximum absolute atomic E-state index is 13.1. The van der Waals surface area contributed by atoms with Crippen LogP contribution in [0.4, 0.5) is 11.4 Å². The molecule has 2 aromatic heterocycles. The molecule has 176 valence electrons. The minimum absolute atomic E-state index is 0.132. The first kappa shape index (κ1) is 21.1. The lowest BCUT2D eigenvalue weighted by Crippen LogP contribution is -2.52. The van der Waals surface area contributed by atoms with E-state index in [1.807, 2.05) is 25.1 Å². The first-order chi connectivity index (χ1) is 16.4. The number of nitrogens with one attached hydrogen (secondary N) is 1. The molecule has 4 saturated carbocycles. The number of hydrogen-bond acceptors (Lipinski definition) is 5. The molecule has 1 amide bonds. The van der Waals surface area contributed by atoms with E-state index in [4.69, 9.17) is 0 Å². The fraction of sp³-hybridized carbons (Fsp3) is 0.480. The van der Waals surface area contributed by atoms with E-state index in [0.717, 1.165) is 24.8 Å². The number of aromatic nitrogens is 4. The van der Waals surface area contributed by atoms with Crippen molar-refractivity contribution >= 4 is 17.3 Å². The first-order valence-electron chi connectivity index (χ1n) is 12.0. The highest BCUT2D eigenvalue weighted by Gasteiger charge is 2.53. The summed E-state index contributed by atoms with van der Waals surface area (Å²) in [4.78, 5) is 24.4. The lowest BCUT2D eigenvalue weighted by Gasteiger charge is -2.56. The molecular formula is C25H28N6O3. The molecule has 4 aliphatic carbocycles. The summed E-state index contributed by atoms with van der Waals surface area (Å²) < 4.78 is 3.50. The van der Waals surface area contributed by atoms with Crippen molar-refractivity contribution in [1.29, 1.82) is 0 Å². The van der Waals surface area contributed by atoms with Crippen LogP contribution in [-0.4, -0.2) is 30.4 Å². The van der Waals surface area contributed by atoms with Crippen molar-refractivity contribution < 1.29 is 9.72 Å². The van der Waals surface area contributed by atoms with Crippen molar-refractivity contribution in [2.75, 3.05) is 5.32 Å². The number of amides is 1. The molecule has 34 heavy (non-hydrogen) atoms. The van der Waals surface area contributed by atoms with Crippen molar-refractivity contribution in [1.82, 2.24) is 19.6 Å². The number of nitro groups is 1. The summed E-state index contributed by atoms with van der Waals surface area (Å²) in [5.74, 6) is 1.44. The third kappa shape index (κ3) is 3.69. The van der Waals surface area contributed by atoms with Gasteiger partial charge in [0.2, 0.25) is 5.69 Å². The summed E-state index contributed by atoms with van der Waals surface area (Å²) >= 11 is 0. The number of carbonyl (C=O) groups is 1. The normalized spacial score (nSPS) is 27.1. The number of hydrogen-bond donors (Lipinski definition) is 1. The zero-order valence-electron chi connectivity index (χ0n) is 19.2. The maximum Gasteiger partial charge on any atom is 0.320 e. The molecule has 4 aliphatic rings. The zero-order chi connectivity index (χ0) is 23.4. The monoisotopic (exact) mass is 460 g/mol. The second kappa shape index (κ2) is 7.78. The van der Waals surface area contributed by atoms with E-state index < -0.39 is 10.8 Å². The molecule has 0 saturated heterocycles. The standard InChI is InChI=1S/C25H28N6O3/c1-16-3-2-4-17(5-16)13-29-14-21(12-26-29)27-24(32)23-22(31(33)34)15-30(28-23)25-9-18-6-19(10-25)8-20(7-18)11-25/h2-5,12,14-15,18-20H,6-11,13H2,1H3,(H,27,32). The highest BCUT2D eigenvalue weighted by Crippen LogP contribution is 2.58. The molecule has 9 nitrogen and oxygen atoms in total. The lowest BCUT2D eigenvalue weighted by atomic mass is 9.53. The SMILES string of the molecule is Cc1cccc(Cn2cc(NC(=O)c3nn(C45CC6CC(CC(C6)C4)C5)cc3[N+](=O)[O-])cn2)c1. The van der Waals surface area contributed by atoms with Crippen LogP contribution in [0.25, 0.3) is 0 Å². The highest BCUT2D eigenvalue weighted by atomic mass is 16.6. The van der Waals surface area contributed by atoms with Crippen molar-refractivity contribution in [2.24, 2.45) is 17.8 Å². The smallest absolute Gasteiger partial charge is 0.318 e. The molecule has 0 radical (unpaired) electrons. The quantitative estimate of drug-likeness (QED) is 0.430. The number of nitrogens with zero attached hydrogens (tertiary/aromatic N) is 5. The largest absolute Gasteiger partial charge is 0.320 e. The Balaban J connectivity index is 1.23. The molecule has 3 aromatic rings. The summed E-state index contributed by atoms with van der Waals surface area (Å²) in [7, 11) is 0. The summed E-state index contributed by atoms with van der Waals surface area (Å²) in [5.41, 5.74) is 2.20. The zero-order valence-corrected chi connectivity index (χ0v) is 19.2. The molecule has 1 aromatic carbocycles. The van der Waals surface area contributed by atoms with Crippen LogP contribution in [0.1, 0.15) is 60.1 Å². The van der Waals surface area contributed by atoms with Crippen molar-refractivity contribution in [3.05, 3.63) is 69.8 Å². The van der Waals surface area contributed by atoms with Gasteiger partial charge in [-0.25, -0.2) is 0 Å². The number of rotatable bonds is 6. The van der Waals surface area contributed by atoms with Gasteiger partial charge in [-0.15, -0.1) is 0 Å². The molecule has 4 bridgehead atoms. The molecule has 1 N–H and O–H groups in total. The molecule has 2 heterocycles. The minimum atomic E-state index is -0.578. The van der Waals surface area contributed by atoms with Crippen molar-refractivity contribution in [3.63, 3.8) is 0 Å². The van der Waals surface area contributed by atoms with Crippen LogP contribution in [-0.2, 0) is 12.1 Å². The Morgan fingerprint density at radius 3 is 2.53 bits per heavy atom. The van der Waals surface area contributed by atoms with Crippen molar-refractivity contribution in [2.45, 2.75) is 57.5 Å². The van der Waals surface area contributed by atoms with Gasteiger partial charge in [0.25, 0.3) is 5.91 Å². The van der Waals surface area contributed by atoms with Gasteiger partial charge in [0, 0.05) is 6.20 Å². The van der Waals surface area contributed by atoms with Gasteiger partial charge >= 0.3 is 5.69 Å². The Bertz CT molecular complexity index is 1240. The van der Waals surface area contributed by atoms with E-state index in [-0.39, 0.29) is 16.9 Å². The molecule has 0 aliphatic heterocycles. The van der Waals surface area contributed by atoms with Crippen LogP contribution in [0, 0.1) is 34.8 Å². The average Bonchev–Trinajstić information content (AvgIpc) is 3.41. The summed E-state index contributed by atoms with van der Waals surface area (Å²) in [5, 5.41) is 23.4. The third-order valence-corrected chi connectivity index (χ3v) is 7.92. The molecule has 0 unspecified atom stereocenters. The van der Waals surface area contributed by atoms with Gasteiger partial charge in [-0.3, -0.25) is 24.3 Å². The Morgan fingerprint density at radius 2 is 1.88 bits per heavy atom. The average molecular weight is 461 g/mol.